The lowest BCUT2D eigenvalue weighted by atomic mass is 10.0. The van der Waals surface area contributed by atoms with Crippen LogP contribution in [0.1, 0.15) is 12.5 Å². The highest BCUT2D eigenvalue weighted by atomic mass is 32.2. The fourth-order valence-electron chi connectivity index (χ4n) is 2.52. The quantitative estimate of drug-likeness (QED) is 0.737. The zero-order chi connectivity index (χ0) is 15.1. The number of ether oxygens (including phenoxy) is 2. The van der Waals surface area contributed by atoms with Gasteiger partial charge in [0.1, 0.15) is 23.2 Å². The summed E-state index contributed by atoms with van der Waals surface area (Å²) in [5, 5.41) is 28.4. The lowest BCUT2D eigenvalue weighted by molar-refractivity contribution is -0.213. The third kappa shape index (κ3) is 2.74. The molecule has 5 atom stereocenters. The third-order valence-corrected chi connectivity index (χ3v) is 5.00. The number of aliphatic hydroxyl groups excluding tert-OH is 2. The van der Waals surface area contributed by atoms with Gasteiger partial charge in [-0.2, -0.15) is 0 Å². The van der Waals surface area contributed by atoms with E-state index < -0.39 is 35.8 Å². The molecule has 2 aliphatic heterocycles. The van der Waals surface area contributed by atoms with Crippen LogP contribution in [0.4, 0.5) is 0 Å². The van der Waals surface area contributed by atoms with E-state index in [0.29, 0.717) is 11.3 Å². The molecule has 2 aliphatic rings. The Hall–Kier alpha value is -1.28. The van der Waals surface area contributed by atoms with Crippen LogP contribution in [0.2, 0.25) is 0 Å². The predicted molar refractivity (Wildman–Crippen MR) is 74.4 cm³/mol. The molecule has 1 fully saturated rings. The van der Waals surface area contributed by atoms with Crippen molar-refractivity contribution in [1.82, 2.24) is 0 Å². The van der Waals surface area contributed by atoms with Crippen molar-refractivity contribution in [2.24, 2.45) is 0 Å². The minimum Gasteiger partial charge on any atom is -0.481 e. The summed E-state index contributed by atoms with van der Waals surface area (Å²) in [6, 6.07) is 5.15. The number of thioether (sulfide) groups is 1. The molecule has 0 aliphatic carbocycles. The van der Waals surface area contributed by atoms with Gasteiger partial charge >= 0.3 is 5.97 Å². The Morgan fingerprint density at radius 2 is 2.10 bits per heavy atom. The van der Waals surface area contributed by atoms with Gasteiger partial charge in [-0.25, -0.2) is 0 Å². The van der Waals surface area contributed by atoms with Crippen molar-refractivity contribution in [2.75, 3.05) is 0 Å². The molecule has 114 valence electrons. The molecule has 21 heavy (non-hydrogen) atoms. The highest BCUT2D eigenvalue weighted by Crippen LogP contribution is 2.44. The zero-order valence-electron chi connectivity index (χ0n) is 11.3. The minimum atomic E-state index is -0.967. The van der Waals surface area contributed by atoms with Crippen LogP contribution in [0, 0.1) is 0 Å². The van der Waals surface area contributed by atoms with Gasteiger partial charge in [0.05, 0.1) is 17.4 Å². The summed E-state index contributed by atoms with van der Waals surface area (Å²) in [5.74, 6) is -0.300. The van der Waals surface area contributed by atoms with Crippen molar-refractivity contribution in [3.63, 3.8) is 0 Å². The number of hydrogen-bond acceptors (Lipinski definition) is 6. The number of hydrogen-bond donors (Lipinski definition) is 3. The van der Waals surface area contributed by atoms with Gasteiger partial charge in [-0.1, -0.05) is 6.07 Å². The molecule has 6 nitrogen and oxygen atoms in total. The maximum Gasteiger partial charge on any atom is 0.307 e. The van der Waals surface area contributed by atoms with Crippen molar-refractivity contribution in [3.05, 3.63) is 23.8 Å². The van der Waals surface area contributed by atoms with E-state index in [4.69, 9.17) is 14.6 Å². The fraction of sp³-hybridized carbons (Fsp3) is 0.500. The molecular weight excluding hydrogens is 296 g/mol. The Morgan fingerprint density at radius 3 is 2.81 bits per heavy atom. The van der Waals surface area contributed by atoms with E-state index in [1.54, 1.807) is 25.1 Å². The van der Waals surface area contributed by atoms with E-state index in [1.807, 2.05) is 0 Å². The van der Waals surface area contributed by atoms with Crippen molar-refractivity contribution in [1.29, 1.82) is 0 Å². The van der Waals surface area contributed by atoms with Gasteiger partial charge in [-0.3, -0.25) is 4.79 Å². The Balaban J connectivity index is 1.86. The summed E-state index contributed by atoms with van der Waals surface area (Å²) < 4.78 is 11.3. The van der Waals surface area contributed by atoms with E-state index in [2.05, 4.69) is 0 Å². The molecule has 0 bridgehead atoms. The average molecular weight is 312 g/mol. The van der Waals surface area contributed by atoms with Crippen LogP contribution < -0.4 is 4.74 Å². The number of carboxylic acid groups (broad SMARTS) is 1. The highest BCUT2D eigenvalue weighted by molar-refractivity contribution is 8.00. The van der Waals surface area contributed by atoms with Gasteiger partial charge in [0.2, 0.25) is 6.29 Å². The molecule has 0 amide bonds. The number of carbonyl (C=O) groups is 1. The molecule has 7 heteroatoms. The molecule has 0 spiro atoms. The first kappa shape index (κ1) is 14.6. The monoisotopic (exact) mass is 312 g/mol. The smallest absolute Gasteiger partial charge is 0.307 e. The summed E-state index contributed by atoms with van der Waals surface area (Å²) in [7, 11) is 0. The molecule has 0 saturated carbocycles. The summed E-state index contributed by atoms with van der Waals surface area (Å²) >= 11 is 1.34. The number of aliphatic hydroxyl groups is 2. The van der Waals surface area contributed by atoms with E-state index in [-0.39, 0.29) is 6.42 Å². The largest absolute Gasteiger partial charge is 0.481 e. The first-order valence-corrected chi connectivity index (χ1v) is 7.53. The SMILES string of the molecule is C[C@H]1OC2Oc3ccc(CC(=O)O)cc3S[C@@H]2[C@@H](O)[C@H]1O. The normalized spacial score (nSPS) is 34.5. The van der Waals surface area contributed by atoms with Gasteiger partial charge in [0, 0.05) is 0 Å². The van der Waals surface area contributed by atoms with Crippen LogP contribution in [0.5, 0.6) is 5.75 Å². The van der Waals surface area contributed by atoms with Crippen molar-refractivity contribution < 1.29 is 29.6 Å². The molecule has 1 aromatic rings. The zero-order valence-corrected chi connectivity index (χ0v) is 12.1. The van der Waals surface area contributed by atoms with Crippen LogP contribution in [-0.2, 0) is 16.0 Å². The van der Waals surface area contributed by atoms with E-state index in [0.717, 1.165) is 4.90 Å². The topological polar surface area (TPSA) is 96.2 Å². The molecule has 0 radical (unpaired) electrons. The van der Waals surface area contributed by atoms with Crippen LogP contribution in [0.3, 0.4) is 0 Å². The van der Waals surface area contributed by atoms with Gasteiger partial charge in [-0.05, 0) is 24.6 Å². The minimum absolute atomic E-state index is 0.0688. The Kier molecular flexibility index (Phi) is 3.83. The number of aliphatic carboxylic acids is 1. The van der Waals surface area contributed by atoms with Crippen LogP contribution in [0.25, 0.3) is 0 Å². The lowest BCUT2D eigenvalue weighted by Gasteiger charge is -2.43. The molecular formula is C14H16O6S. The molecule has 0 aromatic heterocycles. The molecule has 1 saturated heterocycles. The number of benzene rings is 1. The maximum atomic E-state index is 10.8. The van der Waals surface area contributed by atoms with Crippen molar-refractivity contribution in [2.45, 2.75) is 48.1 Å². The van der Waals surface area contributed by atoms with Gasteiger partial charge < -0.3 is 24.8 Å². The molecule has 3 N–H and O–H groups in total. The first-order valence-electron chi connectivity index (χ1n) is 6.65. The van der Waals surface area contributed by atoms with E-state index >= 15 is 0 Å². The van der Waals surface area contributed by atoms with Gasteiger partial charge in [0.25, 0.3) is 0 Å². The summed E-state index contributed by atoms with van der Waals surface area (Å²) in [5.41, 5.74) is 0.663. The lowest BCUT2D eigenvalue weighted by Crippen LogP contribution is -2.57. The average Bonchev–Trinajstić information content (AvgIpc) is 2.43. The molecule has 1 aromatic carbocycles. The first-order chi connectivity index (χ1) is 9.95. The third-order valence-electron chi connectivity index (χ3n) is 3.65. The molecule has 2 heterocycles. The predicted octanol–water partition coefficient (Wildman–Crippen LogP) is 0.633. The number of rotatable bonds is 2. The van der Waals surface area contributed by atoms with Crippen molar-refractivity contribution in [3.8, 4) is 5.75 Å². The van der Waals surface area contributed by atoms with Crippen LogP contribution in [0.15, 0.2) is 23.1 Å². The van der Waals surface area contributed by atoms with Crippen molar-refractivity contribution >= 4 is 17.7 Å². The Labute approximate surface area is 125 Å². The van der Waals surface area contributed by atoms with Crippen LogP contribution in [-0.4, -0.2) is 51.1 Å². The summed E-state index contributed by atoms with van der Waals surface area (Å²) in [6.07, 6.45) is -3.12. The van der Waals surface area contributed by atoms with E-state index in [1.165, 1.54) is 11.8 Å². The number of fused-ring (bicyclic) bond motifs is 2. The molecule has 3 rings (SSSR count). The second-order valence-electron chi connectivity index (χ2n) is 5.24. The standard InChI is InChI=1S/C14H16O6S/c1-6-11(17)12(18)13-14(19-6)20-8-3-2-7(5-10(15)16)4-9(8)21-13/h2-4,6,11-14,17-18H,5H2,1H3,(H,15,16)/t6-,11+,12+,13-,14?/m1/s1. The Morgan fingerprint density at radius 1 is 1.33 bits per heavy atom. The van der Waals surface area contributed by atoms with Gasteiger partial charge in [0.15, 0.2) is 0 Å². The van der Waals surface area contributed by atoms with Gasteiger partial charge in [-0.15, -0.1) is 11.8 Å². The van der Waals surface area contributed by atoms with Crippen LogP contribution >= 0.6 is 11.8 Å². The highest BCUT2D eigenvalue weighted by Gasteiger charge is 2.47. The fourth-order valence-corrected chi connectivity index (χ4v) is 3.80. The van der Waals surface area contributed by atoms with E-state index in [9.17, 15) is 15.0 Å². The summed E-state index contributed by atoms with van der Waals surface area (Å²) in [4.78, 5) is 11.5. The number of carboxylic acids is 1. The second-order valence-corrected chi connectivity index (χ2v) is 6.46. The Bertz CT molecular complexity index is 562. The second kappa shape index (κ2) is 5.49. The maximum absolute atomic E-state index is 10.8. The molecule has 1 unspecified atom stereocenters. The summed E-state index contributed by atoms with van der Waals surface area (Å²) in [6.45, 7) is 1.68.